The normalized spacial score (nSPS) is 15.7. The van der Waals surface area contributed by atoms with Gasteiger partial charge >= 0.3 is 12.1 Å². The molecule has 35 heavy (non-hydrogen) atoms. The fraction of sp³-hybridized carbons (Fsp3) is 0.174. The van der Waals surface area contributed by atoms with Gasteiger partial charge in [-0.3, -0.25) is 4.79 Å². The van der Waals surface area contributed by atoms with E-state index < -0.39 is 24.2 Å². The van der Waals surface area contributed by atoms with Crippen LogP contribution in [-0.2, 0) is 9.63 Å². The van der Waals surface area contributed by atoms with Crippen LogP contribution in [0.2, 0.25) is 5.02 Å². The number of ether oxygens (including phenoxy) is 1. The largest absolute Gasteiger partial charge is 0.496 e. The number of methoxy groups -OCH3 is 1. The van der Waals surface area contributed by atoms with E-state index in [-0.39, 0.29) is 16.3 Å². The standard InChI is InChI=1S/C23H18ClF3N4O4/c1-12-11-28-20(29-12)16-6-3-13(9-18(16)34-2)4-8-19-30-21(32)15-7-5-14(24)10-17(15)31(19)35-22(33)23(25,26)27/h3-11,19H,1-2H3,(H,28,29)(H,30,32). The second-order valence-corrected chi connectivity index (χ2v) is 7.93. The van der Waals surface area contributed by atoms with Crippen molar-refractivity contribution >= 4 is 35.2 Å². The number of amides is 1. The van der Waals surface area contributed by atoms with Gasteiger partial charge in [0, 0.05) is 11.2 Å². The molecule has 0 saturated carbocycles. The first-order chi connectivity index (χ1) is 16.6. The van der Waals surface area contributed by atoms with Crippen LogP contribution in [0, 0.1) is 6.92 Å². The fourth-order valence-corrected chi connectivity index (χ4v) is 3.60. The maximum absolute atomic E-state index is 12.9. The number of nitrogens with zero attached hydrogens (tertiary/aromatic N) is 2. The van der Waals surface area contributed by atoms with Crippen LogP contribution in [0.5, 0.6) is 5.75 Å². The topological polar surface area (TPSA) is 96.6 Å². The van der Waals surface area contributed by atoms with Crippen LogP contribution in [0.15, 0.2) is 48.7 Å². The molecular weight excluding hydrogens is 489 g/mol. The minimum absolute atomic E-state index is 0.00575. The van der Waals surface area contributed by atoms with Gasteiger partial charge in [-0.05, 0) is 48.9 Å². The van der Waals surface area contributed by atoms with Crippen molar-refractivity contribution in [2.75, 3.05) is 12.2 Å². The van der Waals surface area contributed by atoms with Crippen LogP contribution in [0.4, 0.5) is 18.9 Å². The minimum Gasteiger partial charge on any atom is -0.496 e. The van der Waals surface area contributed by atoms with Crippen molar-refractivity contribution in [1.29, 1.82) is 0 Å². The molecule has 0 fully saturated rings. The highest BCUT2D eigenvalue weighted by molar-refractivity contribution is 6.31. The molecule has 12 heteroatoms. The molecule has 2 heterocycles. The van der Waals surface area contributed by atoms with Gasteiger partial charge in [-0.15, -0.1) is 0 Å². The molecule has 0 radical (unpaired) electrons. The molecule has 0 spiro atoms. The third kappa shape index (κ3) is 5.09. The summed E-state index contributed by atoms with van der Waals surface area (Å²) in [5.41, 5.74) is 2.01. The van der Waals surface area contributed by atoms with E-state index in [0.717, 1.165) is 5.69 Å². The Balaban J connectivity index is 1.67. The molecule has 8 nitrogen and oxygen atoms in total. The summed E-state index contributed by atoms with van der Waals surface area (Å²) >= 11 is 5.98. The van der Waals surface area contributed by atoms with Crippen molar-refractivity contribution < 1.29 is 32.3 Å². The predicted molar refractivity (Wildman–Crippen MR) is 122 cm³/mol. The smallest absolute Gasteiger partial charge is 0.493 e. The lowest BCUT2D eigenvalue weighted by Gasteiger charge is -2.35. The van der Waals surface area contributed by atoms with Gasteiger partial charge in [0.1, 0.15) is 11.6 Å². The highest BCUT2D eigenvalue weighted by atomic mass is 35.5. The molecular formula is C23H18ClF3N4O4. The van der Waals surface area contributed by atoms with Crippen molar-refractivity contribution in [1.82, 2.24) is 15.3 Å². The van der Waals surface area contributed by atoms with Crippen molar-refractivity contribution in [3.63, 3.8) is 0 Å². The fourth-order valence-electron chi connectivity index (χ4n) is 3.43. The van der Waals surface area contributed by atoms with E-state index in [9.17, 15) is 22.8 Å². The molecule has 0 bridgehead atoms. The summed E-state index contributed by atoms with van der Waals surface area (Å²) in [6, 6.07) is 9.13. The van der Waals surface area contributed by atoms with Crippen molar-refractivity contribution in [2.45, 2.75) is 19.3 Å². The number of aromatic nitrogens is 2. The Morgan fingerprint density at radius 1 is 1.20 bits per heavy atom. The second-order valence-electron chi connectivity index (χ2n) is 7.49. The number of aromatic amines is 1. The molecule has 1 aliphatic heterocycles. The minimum atomic E-state index is -5.25. The molecule has 0 aliphatic carbocycles. The van der Waals surface area contributed by atoms with E-state index in [2.05, 4.69) is 20.1 Å². The number of aryl methyl sites for hydroxylation is 1. The van der Waals surface area contributed by atoms with Gasteiger partial charge < -0.3 is 19.9 Å². The van der Waals surface area contributed by atoms with E-state index >= 15 is 0 Å². The van der Waals surface area contributed by atoms with E-state index in [0.29, 0.717) is 27.8 Å². The third-order valence-corrected chi connectivity index (χ3v) is 5.28. The number of H-pyrrole nitrogens is 1. The van der Waals surface area contributed by atoms with Crippen molar-refractivity contribution in [2.24, 2.45) is 0 Å². The summed E-state index contributed by atoms with van der Waals surface area (Å²) in [6.07, 6.45) is -1.85. The Bertz CT molecular complexity index is 1320. The first-order valence-electron chi connectivity index (χ1n) is 10.1. The van der Waals surface area contributed by atoms with E-state index in [1.807, 2.05) is 6.92 Å². The van der Waals surface area contributed by atoms with Crippen LogP contribution in [0.1, 0.15) is 21.6 Å². The molecule has 4 rings (SSSR count). The van der Waals surface area contributed by atoms with Crippen molar-refractivity contribution in [3.8, 4) is 17.1 Å². The summed E-state index contributed by atoms with van der Waals surface area (Å²) in [6.45, 7) is 1.84. The quantitative estimate of drug-likeness (QED) is 0.522. The maximum Gasteiger partial charge on any atom is 0.493 e. The number of rotatable bonds is 5. The Morgan fingerprint density at radius 2 is 1.94 bits per heavy atom. The molecule has 3 aromatic rings. The number of hydrogen-bond donors (Lipinski definition) is 2. The average Bonchev–Trinajstić information content (AvgIpc) is 3.24. The second kappa shape index (κ2) is 9.34. The first kappa shape index (κ1) is 24.1. The van der Waals surface area contributed by atoms with Gasteiger partial charge in [0.05, 0.1) is 29.6 Å². The van der Waals surface area contributed by atoms with Gasteiger partial charge in [-0.2, -0.15) is 18.2 Å². The van der Waals surface area contributed by atoms with Gasteiger partial charge in [0.25, 0.3) is 5.91 Å². The molecule has 1 aromatic heterocycles. The number of nitrogens with one attached hydrogen (secondary N) is 2. The highest BCUT2D eigenvalue weighted by Crippen LogP contribution is 2.33. The lowest BCUT2D eigenvalue weighted by atomic mass is 10.1. The summed E-state index contributed by atoms with van der Waals surface area (Å²) in [5.74, 6) is -1.93. The molecule has 182 valence electrons. The monoisotopic (exact) mass is 506 g/mol. The van der Waals surface area contributed by atoms with Crippen LogP contribution >= 0.6 is 11.6 Å². The molecule has 1 amide bonds. The summed E-state index contributed by atoms with van der Waals surface area (Å²) in [7, 11) is 1.49. The lowest BCUT2D eigenvalue weighted by molar-refractivity contribution is -0.202. The predicted octanol–water partition coefficient (Wildman–Crippen LogP) is 4.66. The number of halogens is 4. The number of imidazole rings is 1. The number of hydroxylamine groups is 1. The molecule has 1 atom stereocenters. The molecule has 2 aromatic carbocycles. The van der Waals surface area contributed by atoms with Gasteiger partial charge in [0.2, 0.25) is 0 Å². The maximum atomic E-state index is 12.9. The summed E-state index contributed by atoms with van der Waals surface area (Å²) in [5, 5.41) is 3.30. The summed E-state index contributed by atoms with van der Waals surface area (Å²) in [4.78, 5) is 36.2. The van der Waals surface area contributed by atoms with Crippen LogP contribution in [-0.4, -0.2) is 41.3 Å². The van der Waals surface area contributed by atoms with E-state index in [4.69, 9.17) is 16.3 Å². The number of carbonyl (C=O) groups excluding carboxylic acids is 2. The lowest BCUT2D eigenvalue weighted by Crippen LogP contribution is -2.53. The van der Waals surface area contributed by atoms with Crippen LogP contribution < -0.4 is 15.1 Å². The highest BCUT2D eigenvalue weighted by Gasteiger charge is 2.45. The average molecular weight is 507 g/mol. The Labute approximate surface area is 202 Å². The van der Waals surface area contributed by atoms with Crippen LogP contribution in [0.3, 0.4) is 0 Å². The number of anilines is 1. The number of benzene rings is 2. The Kier molecular flexibility index (Phi) is 6.44. The first-order valence-corrected chi connectivity index (χ1v) is 10.5. The molecule has 2 N–H and O–H groups in total. The Hall–Kier alpha value is -3.99. The zero-order valence-electron chi connectivity index (χ0n) is 18.3. The third-order valence-electron chi connectivity index (χ3n) is 5.04. The zero-order chi connectivity index (χ0) is 25.3. The van der Waals surface area contributed by atoms with Gasteiger partial charge in [-0.1, -0.05) is 23.7 Å². The molecule has 0 saturated heterocycles. The molecule has 1 unspecified atom stereocenters. The van der Waals surface area contributed by atoms with Gasteiger partial charge in [-0.25, -0.2) is 9.78 Å². The van der Waals surface area contributed by atoms with Crippen LogP contribution in [0.25, 0.3) is 17.5 Å². The number of alkyl halides is 3. The van der Waals surface area contributed by atoms with E-state index in [1.54, 1.807) is 24.4 Å². The van der Waals surface area contributed by atoms with Gasteiger partial charge in [0.15, 0.2) is 6.17 Å². The SMILES string of the molecule is COc1cc(C=CC2NC(=O)c3ccc(Cl)cc3N2OC(=O)C(F)(F)F)ccc1-c1nc(C)c[nH]1. The van der Waals surface area contributed by atoms with Crippen molar-refractivity contribution in [3.05, 3.63) is 70.5 Å². The number of carbonyl (C=O) groups is 2. The van der Waals surface area contributed by atoms with E-state index in [1.165, 1.54) is 37.5 Å². The number of fused-ring (bicyclic) bond motifs is 1. The summed E-state index contributed by atoms with van der Waals surface area (Å²) < 4.78 is 44.2. The zero-order valence-corrected chi connectivity index (χ0v) is 19.1. The molecule has 1 aliphatic rings. The Morgan fingerprint density at radius 3 is 2.60 bits per heavy atom. The number of hydrogen-bond acceptors (Lipinski definition) is 6.